The molecule has 1 aromatic rings. The van der Waals surface area contributed by atoms with Gasteiger partial charge in [0.05, 0.1) is 11.0 Å². The van der Waals surface area contributed by atoms with Crippen LogP contribution in [-0.2, 0) is 9.59 Å². The van der Waals surface area contributed by atoms with E-state index >= 15 is 0 Å². The molecule has 2 amide bonds. The molecule has 0 unspecified atom stereocenters. The van der Waals surface area contributed by atoms with Crippen LogP contribution in [0.5, 0.6) is 0 Å². The van der Waals surface area contributed by atoms with Gasteiger partial charge < -0.3 is 10.2 Å². The van der Waals surface area contributed by atoms with Crippen LogP contribution in [0.2, 0.25) is 0 Å². The van der Waals surface area contributed by atoms with Crippen LogP contribution in [0.4, 0.5) is 10.1 Å². The van der Waals surface area contributed by atoms with Gasteiger partial charge in [-0.1, -0.05) is 0 Å². The molecule has 0 bridgehead atoms. The van der Waals surface area contributed by atoms with Gasteiger partial charge in [-0.25, -0.2) is 4.39 Å². The second-order valence-electron chi connectivity index (χ2n) is 4.12. The van der Waals surface area contributed by atoms with Crippen LogP contribution in [0, 0.1) is 12.7 Å². The molecular formula is C12H12BrFN2O2. The van der Waals surface area contributed by atoms with Gasteiger partial charge in [-0.15, -0.1) is 0 Å². The minimum atomic E-state index is -0.368. The van der Waals surface area contributed by atoms with Gasteiger partial charge in [0.1, 0.15) is 5.82 Å². The summed E-state index contributed by atoms with van der Waals surface area (Å²) in [6.45, 7) is 2.02. The molecule has 96 valence electrons. The summed E-state index contributed by atoms with van der Waals surface area (Å²) in [7, 11) is 0. The van der Waals surface area contributed by atoms with Crippen molar-refractivity contribution in [3.8, 4) is 0 Å². The first-order valence-corrected chi connectivity index (χ1v) is 6.31. The van der Waals surface area contributed by atoms with Crippen molar-refractivity contribution in [1.82, 2.24) is 5.32 Å². The Bertz CT molecular complexity index is 519. The molecule has 1 aliphatic heterocycles. The van der Waals surface area contributed by atoms with Gasteiger partial charge in [0, 0.05) is 18.7 Å². The number of anilines is 1. The van der Waals surface area contributed by atoms with Crippen LogP contribution >= 0.6 is 15.9 Å². The van der Waals surface area contributed by atoms with Gasteiger partial charge in [0.2, 0.25) is 11.8 Å². The molecule has 0 radical (unpaired) electrons. The summed E-state index contributed by atoms with van der Waals surface area (Å²) in [6, 6.07) is 2.94. The molecule has 1 heterocycles. The number of amides is 2. The summed E-state index contributed by atoms with van der Waals surface area (Å²) >= 11 is 3.10. The smallest absolute Gasteiger partial charge is 0.246 e. The van der Waals surface area contributed by atoms with Crippen molar-refractivity contribution in [2.75, 3.05) is 18.0 Å². The number of hydrogen-bond acceptors (Lipinski definition) is 2. The van der Waals surface area contributed by atoms with Crippen molar-refractivity contribution in [1.29, 1.82) is 0 Å². The van der Waals surface area contributed by atoms with Gasteiger partial charge in [0.15, 0.2) is 0 Å². The van der Waals surface area contributed by atoms with Crippen molar-refractivity contribution in [2.24, 2.45) is 0 Å². The normalized spacial score (nSPS) is 16.5. The van der Waals surface area contributed by atoms with E-state index in [2.05, 4.69) is 21.2 Å². The van der Waals surface area contributed by atoms with Gasteiger partial charge in [-0.3, -0.25) is 9.59 Å². The summed E-state index contributed by atoms with van der Waals surface area (Å²) in [6.07, 6.45) is 0.250. The molecule has 6 heteroatoms. The Balaban J connectivity index is 2.38. The largest absolute Gasteiger partial charge is 0.347 e. The van der Waals surface area contributed by atoms with Crippen molar-refractivity contribution in [3.63, 3.8) is 0 Å². The molecule has 0 aliphatic carbocycles. The Kier molecular flexibility index (Phi) is 3.65. The first kappa shape index (κ1) is 13.0. The maximum Gasteiger partial charge on any atom is 0.246 e. The number of halogens is 2. The molecule has 0 atom stereocenters. The molecular weight excluding hydrogens is 303 g/mol. The Labute approximate surface area is 112 Å². The summed E-state index contributed by atoms with van der Waals surface area (Å²) < 4.78 is 13.7. The quantitative estimate of drug-likeness (QED) is 0.858. The Morgan fingerprint density at radius 3 is 2.83 bits per heavy atom. The molecule has 0 spiro atoms. The van der Waals surface area contributed by atoms with Crippen LogP contribution in [0.1, 0.15) is 12.0 Å². The standard InChI is InChI=1S/C12H12BrFN2O2/c1-7-4-9(14)8(13)5-10(7)16-3-2-11(17)15-6-12(16)18/h4-5H,2-3,6H2,1H3,(H,15,17). The molecule has 1 saturated heterocycles. The van der Waals surface area contributed by atoms with E-state index in [1.165, 1.54) is 11.0 Å². The molecule has 2 rings (SSSR count). The summed E-state index contributed by atoms with van der Waals surface area (Å²) in [5.74, 6) is -0.708. The molecule has 0 aromatic heterocycles. The highest BCUT2D eigenvalue weighted by molar-refractivity contribution is 9.10. The van der Waals surface area contributed by atoms with Gasteiger partial charge in [-0.2, -0.15) is 0 Å². The van der Waals surface area contributed by atoms with Crippen LogP contribution in [0.3, 0.4) is 0 Å². The molecule has 1 aromatic carbocycles. The molecule has 0 saturated carbocycles. The summed E-state index contributed by atoms with van der Waals surface area (Å²) in [5, 5.41) is 2.52. The Morgan fingerprint density at radius 2 is 2.11 bits per heavy atom. The van der Waals surface area contributed by atoms with Crippen molar-refractivity contribution in [3.05, 3.63) is 28.0 Å². The van der Waals surface area contributed by atoms with E-state index in [9.17, 15) is 14.0 Å². The molecule has 1 aliphatic rings. The summed E-state index contributed by atoms with van der Waals surface area (Å²) in [5.41, 5.74) is 1.29. The fourth-order valence-corrected chi connectivity index (χ4v) is 2.21. The van der Waals surface area contributed by atoms with E-state index in [1.807, 2.05) is 0 Å². The lowest BCUT2D eigenvalue weighted by molar-refractivity contribution is -0.123. The lowest BCUT2D eigenvalue weighted by atomic mass is 10.1. The third-order valence-corrected chi connectivity index (χ3v) is 3.44. The molecule has 4 nitrogen and oxygen atoms in total. The Hall–Kier alpha value is -1.43. The lowest BCUT2D eigenvalue weighted by Gasteiger charge is -2.22. The van der Waals surface area contributed by atoms with Gasteiger partial charge in [0.25, 0.3) is 0 Å². The number of hydrogen-bond donors (Lipinski definition) is 1. The van der Waals surface area contributed by atoms with E-state index in [0.717, 1.165) is 0 Å². The van der Waals surface area contributed by atoms with E-state index in [-0.39, 0.29) is 30.6 Å². The zero-order valence-electron chi connectivity index (χ0n) is 9.80. The fourth-order valence-electron chi connectivity index (χ4n) is 1.88. The predicted molar refractivity (Wildman–Crippen MR) is 68.8 cm³/mol. The first-order valence-electron chi connectivity index (χ1n) is 5.52. The van der Waals surface area contributed by atoms with Crippen molar-refractivity contribution >= 4 is 33.4 Å². The molecule has 1 fully saturated rings. The van der Waals surface area contributed by atoms with Crippen LogP contribution in [-0.4, -0.2) is 24.9 Å². The number of carbonyl (C=O) groups is 2. The number of nitrogens with zero attached hydrogens (tertiary/aromatic N) is 1. The molecule has 1 N–H and O–H groups in total. The van der Waals surface area contributed by atoms with Crippen LogP contribution < -0.4 is 10.2 Å². The highest BCUT2D eigenvalue weighted by Crippen LogP contribution is 2.28. The Morgan fingerprint density at radius 1 is 1.39 bits per heavy atom. The maximum atomic E-state index is 13.3. The number of nitrogens with one attached hydrogen (secondary N) is 1. The fraction of sp³-hybridized carbons (Fsp3) is 0.333. The zero-order chi connectivity index (χ0) is 13.3. The van der Waals surface area contributed by atoms with Crippen LogP contribution in [0.15, 0.2) is 16.6 Å². The maximum absolute atomic E-state index is 13.3. The van der Waals surface area contributed by atoms with Crippen LogP contribution in [0.25, 0.3) is 0 Å². The highest BCUT2D eigenvalue weighted by Gasteiger charge is 2.23. The van der Waals surface area contributed by atoms with Crippen molar-refractivity contribution in [2.45, 2.75) is 13.3 Å². The summed E-state index contributed by atoms with van der Waals surface area (Å²) in [4.78, 5) is 24.7. The number of carbonyl (C=O) groups excluding carboxylic acids is 2. The second-order valence-corrected chi connectivity index (χ2v) is 4.98. The SMILES string of the molecule is Cc1cc(F)c(Br)cc1N1CCC(=O)NCC1=O. The minimum Gasteiger partial charge on any atom is -0.347 e. The van der Waals surface area contributed by atoms with Gasteiger partial charge >= 0.3 is 0 Å². The highest BCUT2D eigenvalue weighted by atomic mass is 79.9. The first-order chi connectivity index (χ1) is 8.49. The average molecular weight is 315 g/mol. The zero-order valence-corrected chi connectivity index (χ0v) is 11.4. The van der Waals surface area contributed by atoms with Gasteiger partial charge in [-0.05, 0) is 40.5 Å². The predicted octanol–water partition coefficient (Wildman–Crippen LogP) is 1.75. The minimum absolute atomic E-state index is 0.0206. The van der Waals surface area contributed by atoms with E-state index in [1.54, 1.807) is 13.0 Å². The third kappa shape index (κ3) is 2.53. The monoisotopic (exact) mass is 314 g/mol. The van der Waals surface area contributed by atoms with E-state index in [4.69, 9.17) is 0 Å². The third-order valence-electron chi connectivity index (χ3n) is 2.83. The number of rotatable bonds is 1. The topological polar surface area (TPSA) is 49.4 Å². The lowest BCUT2D eigenvalue weighted by Crippen LogP contribution is -2.35. The second kappa shape index (κ2) is 5.06. The molecule has 18 heavy (non-hydrogen) atoms. The van der Waals surface area contributed by atoms with Crippen molar-refractivity contribution < 1.29 is 14.0 Å². The average Bonchev–Trinajstić information content (AvgIpc) is 2.47. The van der Waals surface area contributed by atoms with E-state index in [0.29, 0.717) is 22.3 Å². The number of aryl methyl sites for hydroxylation is 1. The number of benzene rings is 1. The van der Waals surface area contributed by atoms with E-state index < -0.39 is 0 Å².